The molecule has 2 aliphatic rings. The number of rotatable bonds is 7. The molecule has 0 bridgehead atoms. The summed E-state index contributed by atoms with van der Waals surface area (Å²) in [5, 5.41) is 0. The van der Waals surface area contributed by atoms with Crippen LogP contribution in [-0.4, -0.2) is 4.98 Å². The van der Waals surface area contributed by atoms with Crippen LogP contribution in [0.1, 0.15) is 58.2 Å². The quantitative estimate of drug-likeness (QED) is 0.148. The number of hydrogen-bond acceptors (Lipinski definition) is 5. The van der Waals surface area contributed by atoms with E-state index >= 15 is 0 Å². The molecule has 0 N–H and O–H groups in total. The second kappa shape index (κ2) is 18.0. The molecule has 6 heteroatoms. The number of para-hydroxylation sites is 4. The molecule has 69 heavy (non-hydrogen) atoms. The van der Waals surface area contributed by atoms with Crippen LogP contribution < -0.4 is 19.6 Å². The topological polar surface area (TPSA) is 25.9 Å². The second-order valence-corrected chi connectivity index (χ2v) is 19.9. The van der Waals surface area contributed by atoms with Gasteiger partial charge in [0.25, 0.3) is 0 Å². The summed E-state index contributed by atoms with van der Waals surface area (Å²) >= 11 is 0. The number of pyridine rings is 1. The molecule has 0 saturated heterocycles. The van der Waals surface area contributed by atoms with Crippen molar-refractivity contribution in [3.8, 4) is 33.4 Å². The summed E-state index contributed by atoms with van der Waals surface area (Å²) in [4.78, 5) is 14.5. The third kappa shape index (κ3) is 8.44. The van der Waals surface area contributed by atoms with Gasteiger partial charge in [0, 0.05) is 61.1 Å². The van der Waals surface area contributed by atoms with E-state index in [1.807, 2.05) is 6.20 Å². The van der Waals surface area contributed by atoms with Crippen LogP contribution in [-0.2, 0) is 31.9 Å². The zero-order chi connectivity index (χ0) is 46.7. The Labute approximate surface area is 422 Å². The van der Waals surface area contributed by atoms with Crippen LogP contribution in [0.5, 0.6) is 0 Å². The third-order valence-corrected chi connectivity index (χ3v) is 13.3. The molecule has 5 nitrogen and oxygen atoms in total. The smallest absolute Gasteiger partial charge is 0.135 e. The van der Waals surface area contributed by atoms with Gasteiger partial charge in [0.15, 0.2) is 0 Å². The Balaban J connectivity index is 0.00000553. The summed E-state index contributed by atoms with van der Waals surface area (Å²) in [6, 6.07) is 75.5. The van der Waals surface area contributed by atoms with E-state index < -0.39 is 0 Å². The van der Waals surface area contributed by atoms with Crippen LogP contribution in [0.15, 0.2) is 194 Å². The Kier molecular flexibility index (Phi) is 11.9. The van der Waals surface area contributed by atoms with Gasteiger partial charge in [-0.3, -0.25) is 0 Å². The number of nitrogens with zero attached hydrogens (tertiary/aromatic N) is 5. The molecule has 0 aliphatic carbocycles. The van der Waals surface area contributed by atoms with Crippen molar-refractivity contribution in [2.45, 2.75) is 59.3 Å². The van der Waals surface area contributed by atoms with Gasteiger partial charge in [-0.2, -0.15) is 6.07 Å². The van der Waals surface area contributed by atoms with Gasteiger partial charge in [0.05, 0.1) is 5.69 Å². The van der Waals surface area contributed by atoms with E-state index in [9.17, 15) is 0 Å². The minimum Gasteiger partial charge on any atom is -0.493 e. The summed E-state index contributed by atoms with van der Waals surface area (Å²) in [6.07, 6.45) is 2.02. The summed E-state index contributed by atoms with van der Waals surface area (Å²) < 4.78 is 0. The van der Waals surface area contributed by atoms with Crippen molar-refractivity contribution >= 4 is 57.0 Å². The minimum absolute atomic E-state index is 0. The summed E-state index contributed by atoms with van der Waals surface area (Å²) in [5.41, 5.74) is 19.3. The largest absolute Gasteiger partial charge is 0.493 e. The molecule has 344 valence electrons. The molecular weight excluding hydrogens is 1020 g/mol. The maximum atomic E-state index is 5.26. The predicted molar refractivity (Wildman–Crippen MR) is 285 cm³/mol. The van der Waals surface area contributed by atoms with Gasteiger partial charge < -0.3 is 19.6 Å². The molecule has 0 amide bonds. The monoisotopic (exact) mass is 1080 g/mol. The van der Waals surface area contributed by atoms with Crippen molar-refractivity contribution < 1.29 is 21.1 Å². The van der Waals surface area contributed by atoms with E-state index in [1.54, 1.807) is 0 Å². The van der Waals surface area contributed by atoms with Gasteiger partial charge in [-0.1, -0.05) is 179 Å². The van der Waals surface area contributed by atoms with Crippen molar-refractivity contribution in [3.63, 3.8) is 0 Å². The number of hydrogen-bond donors (Lipinski definition) is 0. The van der Waals surface area contributed by atoms with Crippen LogP contribution in [0.25, 0.3) is 33.4 Å². The molecule has 0 fully saturated rings. The van der Waals surface area contributed by atoms with E-state index in [-0.39, 0.29) is 31.9 Å². The molecule has 8 aromatic carbocycles. The van der Waals surface area contributed by atoms with Crippen LogP contribution in [0.4, 0.5) is 57.0 Å². The van der Waals surface area contributed by atoms with E-state index in [4.69, 9.17) is 4.98 Å². The maximum Gasteiger partial charge on any atom is 0.135 e. The Morgan fingerprint density at radius 2 is 1.07 bits per heavy atom. The first-order chi connectivity index (χ1) is 32.9. The summed E-state index contributed by atoms with van der Waals surface area (Å²) in [5.74, 6) is 0.827. The van der Waals surface area contributed by atoms with Gasteiger partial charge in [-0.15, -0.1) is 53.8 Å². The third-order valence-electron chi connectivity index (χ3n) is 13.3. The van der Waals surface area contributed by atoms with Gasteiger partial charge in [-0.25, -0.2) is 4.98 Å². The van der Waals surface area contributed by atoms with Gasteiger partial charge >= 0.3 is 0 Å². The Hall–Kier alpha value is -7.20. The molecule has 0 unspecified atom stereocenters. The average Bonchev–Trinajstić information content (AvgIpc) is 3.69. The summed E-state index contributed by atoms with van der Waals surface area (Å²) in [7, 11) is 0. The van der Waals surface area contributed by atoms with Gasteiger partial charge in [-0.05, 0) is 88.5 Å². The van der Waals surface area contributed by atoms with Crippen molar-refractivity contribution in [1.29, 1.82) is 0 Å². The van der Waals surface area contributed by atoms with E-state index in [1.165, 1.54) is 16.7 Å². The molecule has 2 aliphatic heterocycles. The number of aryl methyl sites for hydroxylation is 1. The van der Waals surface area contributed by atoms with Crippen LogP contribution in [0.2, 0.25) is 0 Å². The number of benzene rings is 8. The van der Waals surface area contributed by atoms with Gasteiger partial charge in [0.1, 0.15) is 5.82 Å². The molecule has 11 rings (SSSR count). The molecular formula is C63H54N5Pt-3. The van der Waals surface area contributed by atoms with Crippen LogP contribution in [0, 0.1) is 25.7 Å². The number of aromatic nitrogens is 1. The molecule has 0 radical (unpaired) electrons. The average molecular weight is 1080 g/mol. The number of anilines is 10. The molecule has 1 aromatic heterocycles. The SMILES string of the molecule is Cc1cc(N2c3[c-]c(N(c4[c-]c(N5[CH-]N(c6ccc(C(C)(C)C)cc6)c6ccccc65)cc(C(C)(C)C)c4)c4ccccc4)ccc3-c3ccccc3-c3ccccc32)ncc1-c1ccccc1.[Pt]. The fourth-order valence-corrected chi connectivity index (χ4v) is 9.63. The predicted octanol–water partition coefficient (Wildman–Crippen LogP) is 17.2. The molecule has 0 saturated carbocycles. The first-order valence-electron chi connectivity index (χ1n) is 23.5. The van der Waals surface area contributed by atoms with Crippen molar-refractivity contribution in [1.82, 2.24) is 4.98 Å². The maximum absolute atomic E-state index is 5.26. The van der Waals surface area contributed by atoms with Crippen molar-refractivity contribution in [2.75, 3.05) is 19.6 Å². The molecule has 3 heterocycles. The first kappa shape index (κ1) is 45.6. The number of fused-ring (bicyclic) bond motifs is 6. The first-order valence-corrected chi connectivity index (χ1v) is 23.5. The molecule has 0 atom stereocenters. The summed E-state index contributed by atoms with van der Waals surface area (Å²) in [6.45, 7) is 18.0. The fraction of sp³-hybridized carbons (Fsp3) is 0.143. The normalized spacial score (nSPS) is 12.9. The van der Waals surface area contributed by atoms with Crippen molar-refractivity contribution in [3.05, 3.63) is 230 Å². The van der Waals surface area contributed by atoms with Crippen LogP contribution in [0.3, 0.4) is 0 Å². The van der Waals surface area contributed by atoms with E-state index in [0.29, 0.717) is 0 Å². The Bertz CT molecular complexity index is 3310. The van der Waals surface area contributed by atoms with Crippen LogP contribution >= 0.6 is 0 Å². The minimum atomic E-state index is -0.181. The Morgan fingerprint density at radius 1 is 0.493 bits per heavy atom. The second-order valence-electron chi connectivity index (χ2n) is 19.9. The Morgan fingerprint density at radius 3 is 1.72 bits per heavy atom. The fourth-order valence-electron chi connectivity index (χ4n) is 9.63. The van der Waals surface area contributed by atoms with E-state index in [2.05, 4.69) is 275 Å². The molecule has 0 spiro atoms. The van der Waals surface area contributed by atoms with Gasteiger partial charge in [0.2, 0.25) is 0 Å². The van der Waals surface area contributed by atoms with E-state index in [0.717, 1.165) is 90.4 Å². The zero-order valence-electron chi connectivity index (χ0n) is 40.1. The molecule has 9 aromatic rings. The van der Waals surface area contributed by atoms with Crippen molar-refractivity contribution in [2.24, 2.45) is 0 Å². The standard InChI is InChI=1S/C63H54N5.Pt/c1-43-36-61(64-41-56(43)44-20-10-8-11-21-44)68-57-27-17-16-26-54(57)52-24-14-15-25-53(52)55-35-34-49(40-60(55)68)67(48-22-12-9-13-23-48)51-38-46(63(5,6)7)37-50(39-51)66-42-65(58-28-18-19-29-59(58)66)47-32-30-45(31-33-47)62(2,3)4;/h8-38,41-42H,1-7H3;/q-3;. The zero-order valence-corrected chi connectivity index (χ0v) is 42.4.